The van der Waals surface area contributed by atoms with Crippen molar-refractivity contribution in [1.29, 1.82) is 0 Å². The highest BCUT2D eigenvalue weighted by Gasteiger charge is 2.14. The molecule has 20 heavy (non-hydrogen) atoms. The van der Waals surface area contributed by atoms with E-state index < -0.39 is 0 Å². The molecule has 0 saturated heterocycles. The predicted molar refractivity (Wildman–Crippen MR) is 82.1 cm³/mol. The Kier molecular flexibility index (Phi) is 5.31. The summed E-state index contributed by atoms with van der Waals surface area (Å²) < 4.78 is 5.47. The predicted octanol–water partition coefficient (Wildman–Crippen LogP) is 3.22. The molecule has 1 aromatic rings. The molecule has 4 heteroatoms. The summed E-state index contributed by atoms with van der Waals surface area (Å²) in [5.41, 5.74) is 5.56. The molecule has 0 unspecified atom stereocenters. The molecule has 0 saturated carbocycles. The third-order valence-corrected chi connectivity index (χ3v) is 3.00. The van der Waals surface area contributed by atoms with Gasteiger partial charge in [0.2, 0.25) is 0 Å². The number of benzene rings is 1. The van der Waals surface area contributed by atoms with Crippen molar-refractivity contribution in [3.05, 3.63) is 29.3 Å². The van der Waals surface area contributed by atoms with E-state index in [4.69, 9.17) is 4.74 Å². The number of ether oxygens (including phenoxy) is 1. The topological polar surface area (TPSA) is 50.7 Å². The van der Waals surface area contributed by atoms with E-state index in [0.717, 1.165) is 16.8 Å². The van der Waals surface area contributed by atoms with Crippen molar-refractivity contribution in [2.24, 2.45) is 10.5 Å². The van der Waals surface area contributed by atoms with E-state index in [2.05, 4.69) is 16.6 Å². The van der Waals surface area contributed by atoms with Crippen LogP contribution in [0.15, 0.2) is 23.3 Å². The lowest BCUT2D eigenvalue weighted by Crippen LogP contribution is -2.28. The molecule has 0 aliphatic carbocycles. The molecule has 0 spiro atoms. The van der Waals surface area contributed by atoms with Gasteiger partial charge in [-0.2, -0.15) is 5.10 Å². The molecule has 0 fully saturated rings. The summed E-state index contributed by atoms with van der Waals surface area (Å²) in [5, 5.41) is 4.08. The van der Waals surface area contributed by atoms with Gasteiger partial charge in [0.1, 0.15) is 5.75 Å². The van der Waals surface area contributed by atoms with Crippen LogP contribution in [-0.4, -0.2) is 18.2 Å². The number of hydrogen-bond acceptors (Lipinski definition) is 3. The maximum atomic E-state index is 11.7. The molecule has 0 bridgehead atoms. The van der Waals surface area contributed by atoms with Crippen LogP contribution < -0.4 is 10.2 Å². The molecule has 1 amide bonds. The van der Waals surface area contributed by atoms with Crippen LogP contribution in [0.1, 0.15) is 38.8 Å². The van der Waals surface area contributed by atoms with Gasteiger partial charge in [-0.3, -0.25) is 4.79 Å². The molecule has 1 rings (SSSR count). The highest BCUT2D eigenvalue weighted by Crippen LogP contribution is 2.16. The average molecular weight is 276 g/mol. The van der Waals surface area contributed by atoms with Gasteiger partial charge in [-0.15, -0.1) is 0 Å². The van der Waals surface area contributed by atoms with Gasteiger partial charge < -0.3 is 4.74 Å². The average Bonchev–Trinajstić information content (AvgIpc) is 2.31. The quantitative estimate of drug-likeness (QED) is 0.678. The van der Waals surface area contributed by atoms with Gasteiger partial charge in [0, 0.05) is 11.1 Å². The van der Waals surface area contributed by atoms with Gasteiger partial charge in [-0.05, 0) is 44.0 Å². The number of hydrogen-bond donors (Lipinski definition) is 1. The highest BCUT2D eigenvalue weighted by molar-refractivity contribution is 5.88. The minimum atomic E-state index is -0.257. The van der Waals surface area contributed by atoms with E-state index in [-0.39, 0.29) is 17.9 Å². The second kappa shape index (κ2) is 6.55. The summed E-state index contributed by atoms with van der Waals surface area (Å²) in [6.07, 6.45) is 0. The fourth-order valence-electron chi connectivity index (χ4n) is 1.51. The van der Waals surface area contributed by atoms with Gasteiger partial charge >= 0.3 is 0 Å². The van der Waals surface area contributed by atoms with E-state index in [9.17, 15) is 4.79 Å². The lowest BCUT2D eigenvalue weighted by atomic mass is 9.91. The van der Waals surface area contributed by atoms with Crippen LogP contribution in [0.4, 0.5) is 0 Å². The number of amides is 1. The summed E-state index contributed by atoms with van der Waals surface area (Å²) in [6.45, 7) is 12.0. The van der Waals surface area contributed by atoms with Crippen LogP contribution in [0.2, 0.25) is 0 Å². The van der Waals surface area contributed by atoms with E-state index in [1.54, 1.807) is 0 Å². The highest BCUT2D eigenvalue weighted by atomic mass is 16.5. The number of rotatable bonds is 4. The summed E-state index contributed by atoms with van der Waals surface area (Å²) in [7, 11) is 0. The maximum Gasteiger partial charge on any atom is 0.277 e. The minimum absolute atomic E-state index is 0.0379. The second-order valence-electron chi connectivity index (χ2n) is 6.09. The van der Waals surface area contributed by atoms with Gasteiger partial charge in [0.25, 0.3) is 5.91 Å². The second-order valence-corrected chi connectivity index (χ2v) is 6.09. The van der Waals surface area contributed by atoms with Crippen LogP contribution in [0.5, 0.6) is 5.75 Å². The molecule has 1 aromatic carbocycles. The van der Waals surface area contributed by atoms with Crippen molar-refractivity contribution in [3.8, 4) is 5.75 Å². The monoisotopic (exact) mass is 276 g/mol. The fourth-order valence-corrected chi connectivity index (χ4v) is 1.51. The third-order valence-electron chi connectivity index (χ3n) is 3.00. The number of nitrogens with one attached hydrogen (secondary N) is 1. The molecule has 110 valence electrons. The van der Waals surface area contributed by atoms with E-state index in [1.807, 2.05) is 53.7 Å². The lowest BCUT2D eigenvalue weighted by molar-refractivity contribution is -0.123. The summed E-state index contributed by atoms with van der Waals surface area (Å²) in [4.78, 5) is 11.7. The Balaban J connectivity index is 2.52. The van der Waals surface area contributed by atoms with Crippen LogP contribution in [0, 0.1) is 19.3 Å². The first-order valence-electron chi connectivity index (χ1n) is 6.73. The van der Waals surface area contributed by atoms with E-state index in [0.29, 0.717) is 5.75 Å². The van der Waals surface area contributed by atoms with Crippen molar-refractivity contribution in [1.82, 2.24) is 5.43 Å². The molecule has 0 heterocycles. The standard InChI is InChI=1S/C16H24N2O2/c1-11-7-12(2)9-14(8-11)20-10-15(19)18-17-13(3)16(4,5)6/h7-9H,10H2,1-6H3,(H,18,19). The first-order chi connectivity index (χ1) is 9.18. The smallest absolute Gasteiger partial charge is 0.277 e. The van der Waals surface area contributed by atoms with Crippen molar-refractivity contribution in [2.75, 3.05) is 6.61 Å². The zero-order valence-electron chi connectivity index (χ0n) is 13.2. The molecular weight excluding hydrogens is 252 g/mol. The third kappa shape index (κ3) is 5.43. The molecule has 0 radical (unpaired) electrons. The Bertz CT molecular complexity index is 493. The Labute approximate surface area is 121 Å². The molecule has 1 N–H and O–H groups in total. The van der Waals surface area contributed by atoms with Crippen molar-refractivity contribution in [2.45, 2.75) is 41.5 Å². The summed E-state index contributed by atoms with van der Waals surface area (Å²) in [5.74, 6) is 0.446. The van der Waals surface area contributed by atoms with Crippen molar-refractivity contribution in [3.63, 3.8) is 0 Å². The first-order valence-corrected chi connectivity index (χ1v) is 6.73. The van der Waals surface area contributed by atoms with Gasteiger partial charge in [-0.25, -0.2) is 5.43 Å². The van der Waals surface area contributed by atoms with Gasteiger partial charge in [0.15, 0.2) is 6.61 Å². The zero-order chi connectivity index (χ0) is 15.3. The molecule has 4 nitrogen and oxygen atoms in total. The van der Waals surface area contributed by atoms with E-state index in [1.165, 1.54) is 0 Å². The van der Waals surface area contributed by atoms with Crippen molar-refractivity contribution >= 4 is 11.6 Å². The SMILES string of the molecule is CC(=NNC(=O)COc1cc(C)cc(C)c1)C(C)(C)C. The molecule has 0 atom stereocenters. The Morgan fingerprint density at radius 3 is 2.25 bits per heavy atom. The van der Waals surface area contributed by atoms with Crippen molar-refractivity contribution < 1.29 is 9.53 Å². The lowest BCUT2D eigenvalue weighted by Gasteiger charge is -2.17. The number of aryl methyl sites for hydroxylation is 2. The number of carbonyl (C=O) groups excluding carboxylic acids is 1. The van der Waals surface area contributed by atoms with Crippen LogP contribution in [0.3, 0.4) is 0 Å². The van der Waals surface area contributed by atoms with Crippen LogP contribution >= 0.6 is 0 Å². The summed E-state index contributed by atoms with van der Waals surface area (Å²) in [6, 6.07) is 5.87. The molecule has 0 aliphatic rings. The fraction of sp³-hybridized carbons (Fsp3) is 0.500. The zero-order valence-corrected chi connectivity index (χ0v) is 13.2. The molecule has 0 aromatic heterocycles. The minimum Gasteiger partial charge on any atom is -0.484 e. The van der Waals surface area contributed by atoms with E-state index >= 15 is 0 Å². The molecule has 0 aliphatic heterocycles. The summed E-state index contributed by atoms with van der Waals surface area (Å²) >= 11 is 0. The first kappa shape index (κ1) is 16.2. The number of hydrazone groups is 1. The Hall–Kier alpha value is -1.84. The molecular formula is C16H24N2O2. The van der Waals surface area contributed by atoms with Gasteiger partial charge in [0.05, 0.1) is 0 Å². The largest absolute Gasteiger partial charge is 0.484 e. The number of carbonyl (C=O) groups is 1. The number of nitrogens with zero attached hydrogens (tertiary/aromatic N) is 1. The Morgan fingerprint density at radius 2 is 1.75 bits per heavy atom. The normalized spacial score (nSPS) is 12.2. The van der Waals surface area contributed by atoms with Crippen LogP contribution in [0.25, 0.3) is 0 Å². The van der Waals surface area contributed by atoms with Crippen LogP contribution in [-0.2, 0) is 4.79 Å². The maximum absolute atomic E-state index is 11.7. The Morgan fingerprint density at radius 1 is 1.20 bits per heavy atom. The van der Waals surface area contributed by atoms with Gasteiger partial charge in [-0.1, -0.05) is 26.8 Å².